The van der Waals surface area contributed by atoms with Gasteiger partial charge in [-0.2, -0.15) is 8.75 Å². The lowest BCUT2D eigenvalue weighted by atomic mass is 10.1. The second-order valence-electron chi connectivity index (χ2n) is 2.84. The minimum atomic E-state index is 0.00766. The first-order chi connectivity index (χ1) is 6.77. The molecular formula is C8H8BrN3S2. The van der Waals surface area contributed by atoms with Gasteiger partial charge in [0.2, 0.25) is 0 Å². The van der Waals surface area contributed by atoms with Crippen molar-refractivity contribution in [2.75, 3.05) is 0 Å². The standard InChI is InChI=1S/C8H8BrN3S2/c9-6-1-2-13-8(6)7(10)3-5-4-11-14-12-5/h1-2,4,7H,3,10H2. The summed E-state index contributed by atoms with van der Waals surface area (Å²) in [4.78, 5) is 1.16. The van der Waals surface area contributed by atoms with Gasteiger partial charge < -0.3 is 5.73 Å². The predicted molar refractivity (Wildman–Crippen MR) is 62.6 cm³/mol. The number of halogens is 1. The molecule has 0 aromatic carbocycles. The first kappa shape index (κ1) is 10.2. The monoisotopic (exact) mass is 289 g/mol. The van der Waals surface area contributed by atoms with Crippen LogP contribution in [0.15, 0.2) is 22.1 Å². The molecule has 6 heteroatoms. The van der Waals surface area contributed by atoms with Crippen molar-refractivity contribution in [3.8, 4) is 0 Å². The Kier molecular flexibility index (Phi) is 3.27. The van der Waals surface area contributed by atoms with Crippen LogP contribution in [0, 0.1) is 0 Å². The maximum atomic E-state index is 6.05. The van der Waals surface area contributed by atoms with Crippen LogP contribution < -0.4 is 5.73 Å². The van der Waals surface area contributed by atoms with Crippen LogP contribution in [0.4, 0.5) is 0 Å². The quantitative estimate of drug-likeness (QED) is 0.945. The molecule has 1 atom stereocenters. The zero-order valence-electron chi connectivity index (χ0n) is 7.18. The molecule has 0 aliphatic heterocycles. The Morgan fingerprint density at radius 3 is 3.00 bits per heavy atom. The van der Waals surface area contributed by atoms with E-state index in [0.717, 1.165) is 21.5 Å². The third-order valence-corrected chi connectivity index (χ3v) is 4.34. The normalized spacial score (nSPS) is 13.0. The highest BCUT2D eigenvalue weighted by atomic mass is 79.9. The Morgan fingerprint density at radius 2 is 2.43 bits per heavy atom. The molecule has 2 heterocycles. The maximum Gasteiger partial charge on any atom is 0.0762 e. The van der Waals surface area contributed by atoms with Gasteiger partial charge in [0.1, 0.15) is 0 Å². The highest BCUT2D eigenvalue weighted by Gasteiger charge is 2.13. The summed E-state index contributed by atoms with van der Waals surface area (Å²) in [5.74, 6) is 0. The minimum absolute atomic E-state index is 0.00766. The summed E-state index contributed by atoms with van der Waals surface area (Å²) in [5, 5.41) is 2.03. The highest BCUT2D eigenvalue weighted by Crippen LogP contribution is 2.29. The van der Waals surface area contributed by atoms with E-state index >= 15 is 0 Å². The smallest absolute Gasteiger partial charge is 0.0762 e. The van der Waals surface area contributed by atoms with Crippen molar-refractivity contribution >= 4 is 39.0 Å². The molecule has 0 bridgehead atoms. The highest BCUT2D eigenvalue weighted by molar-refractivity contribution is 9.10. The van der Waals surface area contributed by atoms with Crippen LogP contribution in [0.2, 0.25) is 0 Å². The van der Waals surface area contributed by atoms with E-state index < -0.39 is 0 Å². The number of thiophene rings is 1. The molecule has 0 aliphatic rings. The molecule has 74 valence electrons. The molecule has 2 rings (SSSR count). The Hall–Kier alpha value is -0.300. The van der Waals surface area contributed by atoms with Gasteiger partial charge in [0.05, 0.1) is 23.6 Å². The minimum Gasteiger partial charge on any atom is -0.323 e. The fourth-order valence-corrected chi connectivity index (χ4v) is 3.28. The number of nitrogens with zero attached hydrogens (tertiary/aromatic N) is 2. The lowest BCUT2D eigenvalue weighted by molar-refractivity contribution is 0.722. The SMILES string of the molecule is NC(Cc1cnsn1)c1sccc1Br. The van der Waals surface area contributed by atoms with Crippen molar-refractivity contribution in [2.24, 2.45) is 5.73 Å². The van der Waals surface area contributed by atoms with E-state index in [9.17, 15) is 0 Å². The van der Waals surface area contributed by atoms with E-state index in [1.165, 1.54) is 11.7 Å². The summed E-state index contributed by atoms with van der Waals surface area (Å²) in [6, 6.07) is 2.02. The average molecular weight is 290 g/mol. The van der Waals surface area contributed by atoms with Gasteiger partial charge in [-0.1, -0.05) is 0 Å². The van der Waals surface area contributed by atoms with Gasteiger partial charge in [-0.05, 0) is 27.4 Å². The van der Waals surface area contributed by atoms with Gasteiger partial charge in [-0.15, -0.1) is 11.3 Å². The van der Waals surface area contributed by atoms with E-state index in [2.05, 4.69) is 24.7 Å². The van der Waals surface area contributed by atoms with Crippen LogP contribution in [0.5, 0.6) is 0 Å². The fourth-order valence-electron chi connectivity index (χ4n) is 1.16. The Labute approximate surface area is 98.4 Å². The molecule has 0 saturated carbocycles. The molecule has 0 aliphatic carbocycles. The average Bonchev–Trinajstić information content (AvgIpc) is 2.75. The molecule has 0 fully saturated rings. The van der Waals surface area contributed by atoms with Crippen LogP contribution in [-0.2, 0) is 6.42 Å². The number of hydrogen-bond acceptors (Lipinski definition) is 5. The molecule has 2 N–H and O–H groups in total. The van der Waals surface area contributed by atoms with Gasteiger partial charge in [0.25, 0.3) is 0 Å². The molecule has 2 aromatic rings. The van der Waals surface area contributed by atoms with Crippen molar-refractivity contribution in [1.29, 1.82) is 0 Å². The molecule has 2 aromatic heterocycles. The van der Waals surface area contributed by atoms with Crippen LogP contribution in [0.25, 0.3) is 0 Å². The Balaban J connectivity index is 2.10. The van der Waals surface area contributed by atoms with Crippen LogP contribution in [0.3, 0.4) is 0 Å². The van der Waals surface area contributed by atoms with Crippen molar-refractivity contribution in [1.82, 2.24) is 8.75 Å². The summed E-state index contributed by atoms with van der Waals surface area (Å²) in [6.07, 6.45) is 2.52. The van der Waals surface area contributed by atoms with Crippen molar-refractivity contribution in [2.45, 2.75) is 12.5 Å². The Morgan fingerprint density at radius 1 is 1.57 bits per heavy atom. The summed E-state index contributed by atoms with van der Waals surface area (Å²) < 4.78 is 9.16. The third kappa shape index (κ3) is 2.20. The molecule has 3 nitrogen and oxygen atoms in total. The van der Waals surface area contributed by atoms with Gasteiger partial charge in [0, 0.05) is 21.8 Å². The zero-order valence-corrected chi connectivity index (χ0v) is 10.4. The molecule has 0 saturated heterocycles. The largest absolute Gasteiger partial charge is 0.323 e. The van der Waals surface area contributed by atoms with E-state index in [-0.39, 0.29) is 6.04 Å². The predicted octanol–water partition coefficient (Wildman–Crippen LogP) is 2.60. The Bertz CT molecular complexity index is 398. The molecule has 0 spiro atoms. The van der Waals surface area contributed by atoms with Gasteiger partial charge in [0.15, 0.2) is 0 Å². The van der Waals surface area contributed by atoms with Crippen molar-refractivity contribution < 1.29 is 0 Å². The molecule has 0 amide bonds. The molecular weight excluding hydrogens is 282 g/mol. The van der Waals surface area contributed by atoms with Crippen LogP contribution >= 0.6 is 39.0 Å². The third-order valence-electron chi connectivity index (χ3n) is 1.82. The topological polar surface area (TPSA) is 51.8 Å². The van der Waals surface area contributed by atoms with E-state index in [1.807, 2.05) is 11.4 Å². The van der Waals surface area contributed by atoms with Crippen molar-refractivity contribution in [3.63, 3.8) is 0 Å². The zero-order chi connectivity index (χ0) is 9.97. The van der Waals surface area contributed by atoms with Gasteiger partial charge in [-0.3, -0.25) is 0 Å². The number of nitrogens with two attached hydrogens (primary N) is 1. The van der Waals surface area contributed by atoms with Crippen molar-refractivity contribution in [3.05, 3.63) is 32.7 Å². The molecule has 1 unspecified atom stereocenters. The number of rotatable bonds is 3. The van der Waals surface area contributed by atoms with E-state index in [1.54, 1.807) is 17.5 Å². The summed E-state index contributed by atoms with van der Waals surface area (Å²) in [5.41, 5.74) is 7.01. The lowest BCUT2D eigenvalue weighted by Crippen LogP contribution is -2.12. The number of hydrogen-bond donors (Lipinski definition) is 1. The second-order valence-corrected chi connectivity index (χ2v) is 5.20. The summed E-state index contributed by atoms with van der Waals surface area (Å²) in [7, 11) is 0. The second kappa shape index (κ2) is 4.48. The first-order valence-corrected chi connectivity index (χ1v) is 6.42. The number of aromatic nitrogens is 2. The van der Waals surface area contributed by atoms with Crippen LogP contribution in [-0.4, -0.2) is 8.75 Å². The van der Waals surface area contributed by atoms with Crippen LogP contribution in [0.1, 0.15) is 16.6 Å². The van der Waals surface area contributed by atoms with E-state index in [0.29, 0.717) is 0 Å². The van der Waals surface area contributed by atoms with Gasteiger partial charge in [-0.25, -0.2) is 0 Å². The molecule has 14 heavy (non-hydrogen) atoms. The maximum absolute atomic E-state index is 6.05. The summed E-state index contributed by atoms with van der Waals surface area (Å²) >= 11 is 6.35. The lowest BCUT2D eigenvalue weighted by Gasteiger charge is -2.07. The summed E-state index contributed by atoms with van der Waals surface area (Å²) in [6.45, 7) is 0. The van der Waals surface area contributed by atoms with Gasteiger partial charge >= 0.3 is 0 Å². The van der Waals surface area contributed by atoms with E-state index in [4.69, 9.17) is 5.73 Å². The fraction of sp³-hybridized carbons (Fsp3) is 0.250. The first-order valence-electron chi connectivity index (χ1n) is 4.02. The molecule has 0 radical (unpaired) electrons.